The van der Waals surface area contributed by atoms with Crippen LogP contribution in [0, 0.1) is 0 Å². The van der Waals surface area contributed by atoms with Gasteiger partial charge in [-0.25, -0.2) is 9.97 Å². The number of alkyl halides is 3. The Morgan fingerprint density at radius 2 is 1.92 bits per heavy atom. The lowest BCUT2D eigenvalue weighted by molar-refractivity contribution is -0.127. The first-order chi connectivity index (χ1) is 12.3. The quantitative estimate of drug-likeness (QED) is 0.618. The van der Waals surface area contributed by atoms with Crippen molar-refractivity contribution in [2.75, 3.05) is 5.75 Å². The van der Waals surface area contributed by atoms with Crippen LogP contribution >= 0.6 is 0 Å². The van der Waals surface area contributed by atoms with Gasteiger partial charge in [0.25, 0.3) is 0 Å². The average Bonchev–Trinajstić information content (AvgIpc) is 2.97. The van der Waals surface area contributed by atoms with Gasteiger partial charge in [0.15, 0.2) is 10.5 Å². The Morgan fingerprint density at radius 1 is 1.19 bits per heavy atom. The van der Waals surface area contributed by atoms with Crippen LogP contribution in [-0.2, 0) is 24.1 Å². The number of pyridine rings is 1. The van der Waals surface area contributed by atoms with Gasteiger partial charge in [-0.1, -0.05) is 12.1 Å². The highest BCUT2D eigenvalue weighted by molar-refractivity contribution is 7.91. The van der Waals surface area contributed by atoms with E-state index >= 15 is 0 Å². The molecule has 3 aromatic rings. The summed E-state index contributed by atoms with van der Waals surface area (Å²) in [7, 11) is 0. The van der Waals surface area contributed by atoms with Crippen LogP contribution in [0.25, 0.3) is 22.6 Å². The van der Waals surface area contributed by atoms with E-state index in [1.165, 1.54) is 12.3 Å². The molecule has 8 heteroatoms. The summed E-state index contributed by atoms with van der Waals surface area (Å²) in [6, 6.07) is 8.67. The fourth-order valence-electron chi connectivity index (χ4n) is 2.89. The molecule has 3 rings (SSSR count). The smallest absolute Gasteiger partial charge is 0.393 e. The number of aryl methyl sites for hydroxylation is 1. The van der Waals surface area contributed by atoms with Crippen molar-refractivity contribution in [3.63, 3.8) is 0 Å². The molecule has 0 bridgehead atoms. The second-order valence-electron chi connectivity index (χ2n) is 5.79. The van der Waals surface area contributed by atoms with Gasteiger partial charge in [0.05, 0.1) is 12.0 Å². The van der Waals surface area contributed by atoms with E-state index in [0.29, 0.717) is 39.7 Å². The van der Waals surface area contributed by atoms with Crippen molar-refractivity contribution in [3.05, 3.63) is 42.1 Å². The molecule has 0 aliphatic heterocycles. The molecular weight excluding hydrogens is 363 g/mol. The summed E-state index contributed by atoms with van der Waals surface area (Å²) >= 11 is -1.17. The van der Waals surface area contributed by atoms with Gasteiger partial charge in [-0.3, -0.25) is 0 Å². The van der Waals surface area contributed by atoms with Gasteiger partial charge < -0.3 is 9.12 Å². The van der Waals surface area contributed by atoms with Crippen LogP contribution in [0.5, 0.6) is 0 Å². The summed E-state index contributed by atoms with van der Waals surface area (Å²) in [6.07, 6.45) is -4.10. The number of aromatic nitrogens is 3. The molecule has 0 fully saturated rings. The van der Waals surface area contributed by atoms with Crippen molar-refractivity contribution in [2.45, 2.75) is 37.9 Å². The monoisotopic (exact) mass is 381 g/mol. The summed E-state index contributed by atoms with van der Waals surface area (Å²) in [5, 5.41) is 0. The minimum Gasteiger partial charge on any atom is -0.611 e. The van der Waals surface area contributed by atoms with Crippen LogP contribution < -0.4 is 0 Å². The second kappa shape index (κ2) is 7.28. The summed E-state index contributed by atoms with van der Waals surface area (Å²) in [5.41, 5.74) is 1.71. The third-order valence-corrected chi connectivity index (χ3v) is 5.37. The minimum atomic E-state index is -4.30. The Kier molecular flexibility index (Phi) is 5.24. The maximum atomic E-state index is 12.7. The van der Waals surface area contributed by atoms with Crippen molar-refractivity contribution in [2.24, 2.45) is 0 Å². The highest BCUT2D eigenvalue weighted by Gasteiger charge is 2.28. The Morgan fingerprint density at radius 3 is 2.58 bits per heavy atom. The predicted octanol–water partition coefficient (Wildman–Crippen LogP) is 4.35. The standard InChI is InChI=1S/C18H18F3N3OS/c1-3-24-16(13-7-5-6-8-15(13)26(25)4-2)23-14-9-12(10-18(19,20)21)11-22-17(14)24/h5-9,11H,3-4,10H2,1-2H3. The van der Waals surface area contributed by atoms with Crippen LogP contribution in [0.4, 0.5) is 13.2 Å². The lowest BCUT2D eigenvalue weighted by Crippen LogP contribution is -2.11. The number of hydrogen-bond acceptors (Lipinski definition) is 3. The summed E-state index contributed by atoms with van der Waals surface area (Å²) in [6.45, 7) is 4.29. The molecular formula is C18H18F3N3OS. The molecule has 0 radical (unpaired) electrons. The van der Waals surface area contributed by atoms with Gasteiger partial charge in [-0.15, -0.1) is 0 Å². The summed E-state index contributed by atoms with van der Waals surface area (Å²) in [4.78, 5) is 9.38. The Labute approximate surface area is 152 Å². The molecule has 0 spiro atoms. The third kappa shape index (κ3) is 3.71. The normalized spacial score (nSPS) is 13.3. The molecule has 0 aliphatic rings. The number of fused-ring (bicyclic) bond motifs is 1. The van der Waals surface area contributed by atoms with Gasteiger partial charge in [0, 0.05) is 12.7 Å². The Hall–Kier alpha value is -2.06. The van der Waals surface area contributed by atoms with Crippen LogP contribution in [0.1, 0.15) is 19.4 Å². The lowest BCUT2D eigenvalue weighted by Gasteiger charge is -2.13. The van der Waals surface area contributed by atoms with Gasteiger partial charge in [0.1, 0.15) is 17.1 Å². The molecule has 2 aromatic heterocycles. The predicted molar refractivity (Wildman–Crippen MR) is 95.3 cm³/mol. The zero-order chi connectivity index (χ0) is 18.9. The van der Waals surface area contributed by atoms with Crippen LogP contribution in [-0.4, -0.2) is 31.0 Å². The van der Waals surface area contributed by atoms with Crippen LogP contribution in [0.15, 0.2) is 41.4 Å². The number of halogens is 3. The molecule has 2 heterocycles. The van der Waals surface area contributed by atoms with Gasteiger partial charge in [-0.05, 0) is 48.8 Å². The van der Waals surface area contributed by atoms with Gasteiger partial charge in [0.2, 0.25) is 0 Å². The first-order valence-electron chi connectivity index (χ1n) is 8.23. The fourth-order valence-corrected chi connectivity index (χ4v) is 3.84. The van der Waals surface area contributed by atoms with Gasteiger partial charge >= 0.3 is 6.18 Å². The lowest BCUT2D eigenvalue weighted by atomic mass is 10.2. The molecule has 1 atom stereocenters. The van der Waals surface area contributed by atoms with E-state index in [-0.39, 0.29) is 5.56 Å². The zero-order valence-corrected chi connectivity index (χ0v) is 15.2. The number of imidazole rings is 1. The summed E-state index contributed by atoms with van der Waals surface area (Å²) in [5.74, 6) is 1.04. The van der Waals surface area contributed by atoms with E-state index < -0.39 is 23.8 Å². The highest BCUT2D eigenvalue weighted by atomic mass is 32.2. The Bertz CT molecular complexity index is 924. The second-order valence-corrected chi connectivity index (χ2v) is 7.50. The highest BCUT2D eigenvalue weighted by Crippen LogP contribution is 2.31. The molecule has 4 nitrogen and oxygen atoms in total. The molecule has 26 heavy (non-hydrogen) atoms. The van der Waals surface area contributed by atoms with Crippen molar-refractivity contribution in [1.82, 2.24) is 14.5 Å². The van der Waals surface area contributed by atoms with Crippen LogP contribution in [0.2, 0.25) is 0 Å². The molecule has 1 unspecified atom stereocenters. The molecule has 1 aromatic carbocycles. The molecule has 0 N–H and O–H groups in total. The molecule has 0 aliphatic carbocycles. The summed E-state index contributed by atoms with van der Waals surface area (Å²) < 4.78 is 52.2. The SMILES string of the molecule is CCn1c(-c2ccccc2[S+]([O-])CC)nc2cc(CC(F)(F)F)cnc21. The van der Waals surface area contributed by atoms with Crippen molar-refractivity contribution >= 4 is 22.3 Å². The maximum absolute atomic E-state index is 12.7. The molecule has 0 amide bonds. The molecule has 0 saturated carbocycles. The van der Waals surface area contributed by atoms with E-state index in [1.807, 2.05) is 36.6 Å². The van der Waals surface area contributed by atoms with E-state index in [1.54, 1.807) is 6.07 Å². The third-order valence-electron chi connectivity index (χ3n) is 4.00. The van der Waals surface area contributed by atoms with Crippen molar-refractivity contribution in [1.29, 1.82) is 0 Å². The fraction of sp³-hybridized carbons (Fsp3) is 0.333. The average molecular weight is 381 g/mol. The van der Waals surface area contributed by atoms with Crippen molar-refractivity contribution in [3.8, 4) is 11.4 Å². The first kappa shape index (κ1) is 18.7. The van der Waals surface area contributed by atoms with Crippen LogP contribution in [0.3, 0.4) is 0 Å². The van der Waals surface area contributed by atoms with E-state index in [4.69, 9.17) is 0 Å². The zero-order valence-electron chi connectivity index (χ0n) is 14.4. The largest absolute Gasteiger partial charge is 0.611 e. The first-order valence-corrected chi connectivity index (χ1v) is 9.55. The number of hydrogen-bond donors (Lipinski definition) is 0. The van der Waals surface area contributed by atoms with E-state index in [2.05, 4.69) is 9.97 Å². The van der Waals surface area contributed by atoms with E-state index in [9.17, 15) is 17.7 Å². The maximum Gasteiger partial charge on any atom is 0.393 e. The number of rotatable bonds is 5. The van der Waals surface area contributed by atoms with Gasteiger partial charge in [-0.2, -0.15) is 13.2 Å². The number of nitrogens with zero attached hydrogens (tertiary/aromatic N) is 3. The molecule has 138 valence electrons. The van der Waals surface area contributed by atoms with Crippen molar-refractivity contribution < 1.29 is 17.7 Å². The Balaban J connectivity index is 2.15. The molecule has 0 saturated heterocycles. The topological polar surface area (TPSA) is 53.8 Å². The minimum absolute atomic E-state index is 0.0720. The number of benzene rings is 1. The van der Waals surface area contributed by atoms with E-state index in [0.717, 1.165) is 0 Å².